The van der Waals surface area contributed by atoms with E-state index >= 15 is 0 Å². The minimum atomic E-state index is -0.0836. The molecule has 75 valence electrons. The van der Waals surface area contributed by atoms with Crippen molar-refractivity contribution in [2.45, 2.75) is 13.3 Å². The molecular formula is C11H14NO2. The third kappa shape index (κ3) is 3.94. The fourth-order valence-electron chi connectivity index (χ4n) is 0.932. The van der Waals surface area contributed by atoms with E-state index in [0.29, 0.717) is 12.3 Å². The Bertz CT molecular complexity index is 272. The van der Waals surface area contributed by atoms with Crippen molar-refractivity contribution < 1.29 is 9.53 Å². The zero-order valence-corrected chi connectivity index (χ0v) is 8.25. The second kappa shape index (κ2) is 6.02. The third-order valence-corrected chi connectivity index (χ3v) is 1.63. The second-order valence-corrected chi connectivity index (χ2v) is 2.87. The summed E-state index contributed by atoms with van der Waals surface area (Å²) in [4.78, 5) is 11.1. The molecule has 3 nitrogen and oxygen atoms in total. The van der Waals surface area contributed by atoms with Gasteiger partial charge in [-0.2, -0.15) is 0 Å². The third-order valence-electron chi connectivity index (χ3n) is 1.63. The van der Waals surface area contributed by atoms with E-state index in [1.54, 1.807) is 24.3 Å². The molecule has 0 atom stereocenters. The average Bonchev–Trinajstić information content (AvgIpc) is 2.25. The van der Waals surface area contributed by atoms with Crippen LogP contribution in [0.15, 0.2) is 24.3 Å². The van der Waals surface area contributed by atoms with E-state index in [1.165, 1.54) is 0 Å². The molecule has 0 aliphatic rings. The van der Waals surface area contributed by atoms with Crippen LogP contribution in [-0.2, 0) is 4.79 Å². The van der Waals surface area contributed by atoms with Gasteiger partial charge >= 0.3 is 0 Å². The van der Waals surface area contributed by atoms with Crippen LogP contribution in [0, 0.1) is 6.07 Å². The van der Waals surface area contributed by atoms with E-state index in [0.717, 1.165) is 6.42 Å². The molecule has 0 aliphatic heterocycles. The first-order valence-electron chi connectivity index (χ1n) is 4.68. The number of hydrogen-bond acceptors (Lipinski definition) is 2. The van der Waals surface area contributed by atoms with Crippen LogP contribution in [-0.4, -0.2) is 19.1 Å². The van der Waals surface area contributed by atoms with Gasteiger partial charge < -0.3 is 10.1 Å². The Morgan fingerprint density at radius 1 is 1.50 bits per heavy atom. The Morgan fingerprint density at radius 2 is 2.21 bits per heavy atom. The van der Waals surface area contributed by atoms with Gasteiger partial charge in [-0.15, -0.1) is 0 Å². The van der Waals surface area contributed by atoms with Crippen molar-refractivity contribution in [3.05, 3.63) is 30.3 Å². The minimum Gasteiger partial charge on any atom is -0.484 e. The molecule has 0 spiro atoms. The summed E-state index contributed by atoms with van der Waals surface area (Å²) in [5.41, 5.74) is 0. The number of amides is 1. The molecular weight excluding hydrogens is 178 g/mol. The molecule has 0 aliphatic carbocycles. The molecule has 1 N–H and O–H groups in total. The highest BCUT2D eigenvalue weighted by Gasteiger charge is 2.00. The Hall–Kier alpha value is -1.51. The fourth-order valence-corrected chi connectivity index (χ4v) is 0.932. The van der Waals surface area contributed by atoms with Crippen molar-refractivity contribution in [1.82, 2.24) is 5.32 Å². The lowest BCUT2D eigenvalue weighted by Gasteiger charge is -2.05. The summed E-state index contributed by atoms with van der Waals surface area (Å²) in [6.45, 7) is 2.78. The Balaban J connectivity index is 2.24. The predicted molar refractivity (Wildman–Crippen MR) is 54.1 cm³/mol. The molecule has 0 unspecified atom stereocenters. The molecule has 0 bridgehead atoms. The Labute approximate surface area is 84.1 Å². The molecule has 0 aromatic heterocycles. The molecule has 1 rings (SSSR count). The summed E-state index contributed by atoms with van der Waals surface area (Å²) in [7, 11) is 0. The monoisotopic (exact) mass is 192 g/mol. The quantitative estimate of drug-likeness (QED) is 0.765. The Morgan fingerprint density at radius 3 is 2.86 bits per heavy atom. The van der Waals surface area contributed by atoms with E-state index in [-0.39, 0.29) is 12.5 Å². The van der Waals surface area contributed by atoms with Crippen molar-refractivity contribution in [2.75, 3.05) is 13.2 Å². The fraction of sp³-hybridized carbons (Fsp3) is 0.364. The van der Waals surface area contributed by atoms with Gasteiger partial charge in [0.05, 0.1) is 0 Å². The lowest BCUT2D eigenvalue weighted by molar-refractivity contribution is -0.123. The summed E-state index contributed by atoms with van der Waals surface area (Å²) in [5, 5.41) is 2.73. The van der Waals surface area contributed by atoms with Crippen LogP contribution in [0.2, 0.25) is 0 Å². The van der Waals surface area contributed by atoms with Crippen LogP contribution in [0.1, 0.15) is 13.3 Å². The molecule has 1 aromatic rings. The second-order valence-electron chi connectivity index (χ2n) is 2.87. The maximum Gasteiger partial charge on any atom is 0.257 e. The number of carbonyl (C=O) groups excluding carboxylic acids is 1. The van der Waals surface area contributed by atoms with Crippen LogP contribution in [0.4, 0.5) is 0 Å². The lowest BCUT2D eigenvalue weighted by atomic mass is 10.3. The van der Waals surface area contributed by atoms with Crippen molar-refractivity contribution in [3.63, 3.8) is 0 Å². The van der Waals surface area contributed by atoms with Gasteiger partial charge in [0.15, 0.2) is 6.61 Å². The topological polar surface area (TPSA) is 38.3 Å². The number of rotatable bonds is 5. The zero-order valence-electron chi connectivity index (χ0n) is 8.25. The minimum absolute atomic E-state index is 0.0734. The van der Waals surface area contributed by atoms with Crippen molar-refractivity contribution in [3.8, 4) is 5.75 Å². The number of carbonyl (C=O) groups is 1. The highest BCUT2D eigenvalue weighted by Crippen LogP contribution is 2.06. The van der Waals surface area contributed by atoms with Crippen molar-refractivity contribution in [2.24, 2.45) is 0 Å². The van der Waals surface area contributed by atoms with Gasteiger partial charge in [-0.25, -0.2) is 0 Å². The van der Waals surface area contributed by atoms with Gasteiger partial charge in [-0.1, -0.05) is 19.1 Å². The van der Waals surface area contributed by atoms with Crippen molar-refractivity contribution >= 4 is 5.91 Å². The maximum atomic E-state index is 11.1. The van der Waals surface area contributed by atoms with Gasteiger partial charge in [0, 0.05) is 6.54 Å². The average molecular weight is 192 g/mol. The van der Waals surface area contributed by atoms with E-state index < -0.39 is 0 Å². The van der Waals surface area contributed by atoms with Crippen LogP contribution in [0.3, 0.4) is 0 Å². The molecule has 0 saturated heterocycles. The van der Waals surface area contributed by atoms with Gasteiger partial charge in [0.25, 0.3) is 5.91 Å². The van der Waals surface area contributed by atoms with E-state index in [2.05, 4.69) is 11.4 Å². The summed E-state index contributed by atoms with van der Waals surface area (Å²) < 4.78 is 5.23. The number of benzene rings is 1. The predicted octanol–water partition coefficient (Wildman–Crippen LogP) is 1.39. The van der Waals surface area contributed by atoms with Crippen LogP contribution >= 0.6 is 0 Å². The van der Waals surface area contributed by atoms with E-state index in [1.807, 2.05) is 6.92 Å². The van der Waals surface area contributed by atoms with Gasteiger partial charge in [0.2, 0.25) is 0 Å². The number of nitrogens with one attached hydrogen (secondary N) is 1. The first kappa shape index (κ1) is 10.6. The summed E-state index contributed by atoms with van der Waals surface area (Å²) >= 11 is 0. The zero-order chi connectivity index (χ0) is 10.2. The standard InChI is InChI=1S/C11H14NO2/c1-2-8-12-11(13)9-14-10-6-4-3-5-7-10/h4-7H,2,8-9H2,1H3,(H,12,13). The molecule has 14 heavy (non-hydrogen) atoms. The number of hydrogen-bond donors (Lipinski definition) is 1. The van der Waals surface area contributed by atoms with E-state index in [4.69, 9.17) is 4.74 Å². The van der Waals surface area contributed by atoms with Crippen LogP contribution in [0.5, 0.6) is 5.75 Å². The lowest BCUT2D eigenvalue weighted by Crippen LogP contribution is -2.29. The molecule has 1 amide bonds. The largest absolute Gasteiger partial charge is 0.484 e. The highest BCUT2D eigenvalue weighted by molar-refractivity contribution is 5.77. The summed E-state index contributed by atoms with van der Waals surface area (Å²) in [6.07, 6.45) is 0.937. The van der Waals surface area contributed by atoms with Gasteiger partial charge in [-0.3, -0.25) is 4.79 Å². The first-order chi connectivity index (χ1) is 6.83. The van der Waals surface area contributed by atoms with Crippen molar-refractivity contribution in [1.29, 1.82) is 0 Å². The molecule has 3 heteroatoms. The molecule has 1 radical (unpaired) electrons. The normalized spacial score (nSPS) is 9.50. The molecule has 0 fully saturated rings. The van der Waals surface area contributed by atoms with Gasteiger partial charge in [0.1, 0.15) is 5.75 Å². The number of ether oxygens (including phenoxy) is 1. The maximum absolute atomic E-state index is 11.1. The summed E-state index contributed by atoms with van der Waals surface area (Å²) in [5.74, 6) is 0.607. The van der Waals surface area contributed by atoms with Crippen LogP contribution < -0.4 is 10.1 Å². The Kier molecular flexibility index (Phi) is 4.55. The SMILES string of the molecule is CCCNC(=O)COc1cc[c]cc1. The summed E-state index contributed by atoms with van der Waals surface area (Å²) in [6, 6.07) is 9.91. The van der Waals surface area contributed by atoms with Crippen LogP contribution in [0.25, 0.3) is 0 Å². The van der Waals surface area contributed by atoms with Gasteiger partial charge in [-0.05, 0) is 24.6 Å². The van der Waals surface area contributed by atoms with E-state index in [9.17, 15) is 4.79 Å². The smallest absolute Gasteiger partial charge is 0.257 e. The molecule has 0 heterocycles. The molecule has 1 aromatic carbocycles. The molecule has 0 saturated carbocycles. The first-order valence-corrected chi connectivity index (χ1v) is 4.68. The highest BCUT2D eigenvalue weighted by atomic mass is 16.5.